The number of hydrogen-bond donors (Lipinski definition) is 1. The van der Waals surface area contributed by atoms with Crippen LogP contribution in [0.25, 0.3) is 0 Å². The molecular formula is C12H20ClNO2. The van der Waals surface area contributed by atoms with E-state index < -0.39 is 0 Å². The molecule has 2 unspecified atom stereocenters. The summed E-state index contributed by atoms with van der Waals surface area (Å²) in [6.07, 6.45) is 5.17. The van der Waals surface area contributed by atoms with Crippen LogP contribution < -0.4 is 5.32 Å². The van der Waals surface area contributed by atoms with Gasteiger partial charge in [-0.2, -0.15) is 0 Å². The molecule has 0 aromatic heterocycles. The Morgan fingerprint density at radius 2 is 2.00 bits per heavy atom. The van der Waals surface area contributed by atoms with Crippen LogP contribution in [0.2, 0.25) is 0 Å². The molecule has 3 nitrogen and oxygen atoms in total. The molecule has 2 fully saturated rings. The Balaban J connectivity index is 1.81. The van der Waals surface area contributed by atoms with Crippen LogP contribution in [0.15, 0.2) is 0 Å². The van der Waals surface area contributed by atoms with Gasteiger partial charge in [-0.15, -0.1) is 11.6 Å². The molecule has 92 valence electrons. The molecule has 0 spiro atoms. The molecule has 0 aromatic carbocycles. The van der Waals surface area contributed by atoms with E-state index in [0.29, 0.717) is 17.8 Å². The summed E-state index contributed by atoms with van der Waals surface area (Å²) >= 11 is 5.90. The second-order valence-corrected chi connectivity index (χ2v) is 5.16. The van der Waals surface area contributed by atoms with Crippen molar-refractivity contribution in [3.05, 3.63) is 0 Å². The monoisotopic (exact) mass is 245 g/mol. The normalized spacial score (nSPS) is 31.6. The maximum atomic E-state index is 12.0. The average molecular weight is 246 g/mol. The second kappa shape index (κ2) is 5.87. The van der Waals surface area contributed by atoms with Gasteiger partial charge in [-0.1, -0.05) is 6.42 Å². The molecule has 4 heteroatoms. The second-order valence-electron chi connectivity index (χ2n) is 4.85. The molecule has 0 bridgehead atoms. The van der Waals surface area contributed by atoms with Gasteiger partial charge in [0.15, 0.2) is 0 Å². The highest BCUT2D eigenvalue weighted by molar-refractivity contribution is 6.18. The maximum absolute atomic E-state index is 12.0. The van der Waals surface area contributed by atoms with Gasteiger partial charge in [-0.05, 0) is 31.6 Å². The summed E-state index contributed by atoms with van der Waals surface area (Å²) in [5.74, 6) is 1.51. The Labute approximate surface area is 102 Å². The topological polar surface area (TPSA) is 38.3 Å². The molecule has 2 aliphatic rings. The largest absolute Gasteiger partial charge is 0.381 e. The summed E-state index contributed by atoms with van der Waals surface area (Å²) in [5.41, 5.74) is 0. The fourth-order valence-corrected chi connectivity index (χ4v) is 3.04. The highest BCUT2D eigenvalue weighted by Gasteiger charge is 2.30. The van der Waals surface area contributed by atoms with Crippen LogP contribution in [0.3, 0.4) is 0 Å². The lowest BCUT2D eigenvalue weighted by Gasteiger charge is -2.25. The quantitative estimate of drug-likeness (QED) is 0.772. The van der Waals surface area contributed by atoms with Crippen molar-refractivity contribution in [1.82, 2.24) is 5.32 Å². The van der Waals surface area contributed by atoms with Crippen LogP contribution in [-0.2, 0) is 9.53 Å². The summed E-state index contributed by atoms with van der Waals surface area (Å²) in [4.78, 5) is 12.0. The Hall–Kier alpha value is -0.280. The number of carbonyl (C=O) groups excluding carboxylic acids is 1. The van der Waals surface area contributed by atoms with Crippen LogP contribution in [0, 0.1) is 11.8 Å². The summed E-state index contributed by atoms with van der Waals surface area (Å²) in [7, 11) is 0. The number of rotatable bonds is 3. The highest BCUT2D eigenvalue weighted by atomic mass is 35.5. The van der Waals surface area contributed by atoms with E-state index in [1.807, 2.05) is 0 Å². The number of carbonyl (C=O) groups is 1. The van der Waals surface area contributed by atoms with Crippen LogP contribution >= 0.6 is 11.6 Å². The minimum Gasteiger partial charge on any atom is -0.381 e. The zero-order chi connectivity index (χ0) is 11.4. The molecule has 1 heterocycles. The van der Waals surface area contributed by atoms with Gasteiger partial charge in [0.2, 0.25) is 5.91 Å². The molecule has 2 atom stereocenters. The predicted octanol–water partition coefficient (Wildman–Crippen LogP) is 1.94. The van der Waals surface area contributed by atoms with Gasteiger partial charge in [0.25, 0.3) is 0 Å². The minimum atomic E-state index is 0.158. The van der Waals surface area contributed by atoms with E-state index in [1.165, 1.54) is 6.42 Å². The van der Waals surface area contributed by atoms with Crippen LogP contribution in [-0.4, -0.2) is 31.0 Å². The molecule has 1 saturated heterocycles. The third-order valence-corrected chi connectivity index (χ3v) is 4.17. The van der Waals surface area contributed by atoms with Crippen LogP contribution in [0.5, 0.6) is 0 Å². The molecule has 1 amide bonds. The van der Waals surface area contributed by atoms with E-state index >= 15 is 0 Å². The van der Waals surface area contributed by atoms with Gasteiger partial charge in [-0.25, -0.2) is 0 Å². The smallest absolute Gasteiger partial charge is 0.223 e. The number of amides is 1. The van der Waals surface area contributed by atoms with Gasteiger partial charge < -0.3 is 10.1 Å². The fourth-order valence-electron chi connectivity index (χ4n) is 2.67. The Morgan fingerprint density at radius 1 is 1.25 bits per heavy atom. The van der Waals surface area contributed by atoms with E-state index in [0.717, 1.165) is 38.9 Å². The predicted molar refractivity (Wildman–Crippen MR) is 63.5 cm³/mol. The lowest BCUT2D eigenvalue weighted by molar-refractivity contribution is -0.128. The van der Waals surface area contributed by atoms with Gasteiger partial charge in [0, 0.05) is 31.1 Å². The number of halogens is 1. The summed E-state index contributed by atoms with van der Waals surface area (Å²) in [6.45, 7) is 1.45. The van der Waals surface area contributed by atoms with Gasteiger partial charge >= 0.3 is 0 Å². The van der Waals surface area contributed by atoms with Crippen LogP contribution in [0.4, 0.5) is 0 Å². The highest BCUT2D eigenvalue weighted by Crippen LogP contribution is 2.27. The third kappa shape index (κ3) is 2.89. The number of nitrogens with one attached hydrogen (secondary N) is 1. The van der Waals surface area contributed by atoms with Crippen molar-refractivity contribution in [3.8, 4) is 0 Å². The Morgan fingerprint density at radius 3 is 2.69 bits per heavy atom. The standard InChI is InChI=1S/C12H20ClNO2/c13-8-10-2-1-3-11(10)14-12(15)9-4-6-16-7-5-9/h9-11H,1-8H2,(H,14,15). The molecule has 0 aromatic rings. The zero-order valence-electron chi connectivity index (χ0n) is 9.58. The maximum Gasteiger partial charge on any atom is 0.223 e. The van der Waals surface area contributed by atoms with Crippen molar-refractivity contribution in [2.45, 2.75) is 38.1 Å². The van der Waals surface area contributed by atoms with Gasteiger partial charge in [0.1, 0.15) is 0 Å². The molecule has 1 saturated carbocycles. The van der Waals surface area contributed by atoms with E-state index in [2.05, 4.69) is 5.32 Å². The van der Waals surface area contributed by atoms with Crippen molar-refractivity contribution in [2.75, 3.05) is 19.1 Å². The van der Waals surface area contributed by atoms with E-state index in [4.69, 9.17) is 16.3 Å². The number of hydrogen-bond acceptors (Lipinski definition) is 2. The third-order valence-electron chi connectivity index (χ3n) is 3.78. The summed E-state index contributed by atoms with van der Waals surface area (Å²) in [6, 6.07) is 0.313. The van der Waals surface area contributed by atoms with Crippen molar-refractivity contribution in [2.24, 2.45) is 11.8 Å². The molecule has 1 N–H and O–H groups in total. The first-order valence-electron chi connectivity index (χ1n) is 6.25. The first-order chi connectivity index (χ1) is 7.81. The molecule has 1 aliphatic carbocycles. The van der Waals surface area contributed by atoms with Crippen molar-refractivity contribution >= 4 is 17.5 Å². The summed E-state index contributed by atoms with van der Waals surface area (Å²) in [5, 5.41) is 3.17. The fraction of sp³-hybridized carbons (Fsp3) is 0.917. The average Bonchev–Trinajstić information content (AvgIpc) is 2.77. The number of ether oxygens (including phenoxy) is 1. The van der Waals surface area contributed by atoms with Crippen molar-refractivity contribution in [3.63, 3.8) is 0 Å². The molecule has 16 heavy (non-hydrogen) atoms. The zero-order valence-corrected chi connectivity index (χ0v) is 10.3. The first-order valence-corrected chi connectivity index (χ1v) is 6.79. The Kier molecular flexibility index (Phi) is 4.47. The molecule has 2 rings (SSSR count). The van der Waals surface area contributed by atoms with Crippen molar-refractivity contribution < 1.29 is 9.53 Å². The van der Waals surface area contributed by atoms with Crippen molar-refractivity contribution in [1.29, 1.82) is 0 Å². The number of alkyl halides is 1. The van der Waals surface area contributed by atoms with E-state index in [-0.39, 0.29) is 11.8 Å². The minimum absolute atomic E-state index is 0.158. The summed E-state index contributed by atoms with van der Waals surface area (Å²) < 4.78 is 5.26. The molecule has 1 aliphatic heterocycles. The van der Waals surface area contributed by atoms with Gasteiger partial charge in [-0.3, -0.25) is 4.79 Å². The lowest BCUT2D eigenvalue weighted by Crippen LogP contribution is -2.42. The SMILES string of the molecule is O=C(NC1CCCC1CCl)C1CCOCC1. The lowest BCUT2D eigenvalue weighted by atomic mass is 9.98. The van der Waals surface area contributed by atoms with Crippen LogP contribution in [0.1, 0.15) is 32.1 Å². The van der Waals surface area contributed by atoms with Gasteiger partial charge in [0.05, 0.1) is 0 Å². The van der Waals surface area contributed by atoms with E-state index in [1.54, 1.807) is 0 Å². The molecule has 0 radical (unpaired) electrons. The molecular weight excluding hydrogens is 226 g/mol. The van der Waals surface area contributed by atoms with E-state index in [9.17, 15) is 4.79 Å². The Bertz CT molecular complexity index is 241. The first kappa shape index (κ1) is 12.2.